The van der Waals surface area contributed by atoms with Gasteiger partial charge in [0, 0.05) is 45.3 Å². The fourth-order valence-corrected chi connectivity index (χ4v) is 2.84. The van der Waals surface area contributed by atoms with Crippen LogP contribution in [0.2, 0.25) is 0 Å². The molecule has 0 atom stereocenters. The molecule has 25 heavy (non-hydrogen) atoms. The summed E-state index contributed by atoms with van der Waals surface area (Å²) in [6.07, 6.45) is 1.62. The molecule has 0 aromatic carbocycles. The standard InChI is InChI=1S/C17H26N6O2/c1-4-18-17(19-11-16-20-13(2)14(3)25-16)23-8-6-22(7-9-23)12-15-5-10-24-21-15/h5,10H,4,6-9,11-12H2,1-3H3,(H,18,19). The summed E-state index contributed by atoms with van der Waals surface area (Å²) in [4.78, 5) is 13.7. The highest BCUT2D eigenvalue weighted by Crippen LogP contribution is 2.11. The first-order valence-electron chi connectivity index (χ1n) is 8.73. The lowest BCUT2D eigenvalue weighted by atomic mass is 10.3. The number of aryl methyl sites for hydroxylation is 2. The number of oxazole rings is 1. The number of guanidine groups is 1. The lowest BCUT2D eigenvalue weighted by molar-refractivity contribution is 0.169. The Morgan fingerprint density at radius 1 is 1.28 bits per heavy atom. The van der Waals surface area contributed by atoms with Crippen molar-refractivity contribution in [3.05, 3.63) is 35.4 Å². The molecule has 0 radical (unpaired) electrons. The van der Waals surface area contributed by atoms with Crippen molar-refractivity contribution >= 4 is 5.96 Å². The Hall–Kier alpha value is -2.35. The average Bonchev–Trinajstić information content (AvgIpc) is 3.22. The second-order valence-electron chi connectivity index (χ2n) is 6.17. The van der Waals surface area contributed by atoms with Crippen molar-refractivity contribution < 1.29 is 8.94 Å². The number of rotatable bonds is 5. The second-order valence-corrected chi connectivity index (χ2v) is 6.17. The maximum Gasteiger partial charge on any atom is 0.216 e. The summed E-state index contributed by atoms with van der Waals surface area (Å²) in [7, 11) is 0. The average molecular weight is 346 g/mol. The predicted molar refractivity (Wildman–Crippen MR) is 94.1 cm³/mol. The van der Waals surface area contributed by atoms with Gasteiger partial charge in [-0.3, -0.25) is 4.90 Å². The van der Waals surface area contributed by atoms with E-state index in [0.717, 1.165) is 62.4 Å². The molecule has 0 unspecified atom stereocenters. The van der Waals surface area contributed by atoms with Gasteiger partial charge in [0.1, 0.15) is 18.6 Å². The zero-order valence-corrected chi connectivity index (χ0v) is 15.2. The van der Waals surface area contributed by atoms with Crippen LogP contribution in [0, 0.1) is 13.8 Å². The maximum atomic E-state index is 5.62. The summed E-state index contributed by atoms with van der Waals surface area (Å²) >= 11 is 0. The zero-order chi connectivity index (χ0) is 17.6. The summed E-state index contributed by atoms with van der Waals surface area (Å²) in [5.41, 5.74) is 1.90. The smallest absolute Gasteiger partial charge is 0.216 e. The molecule has 3 heterocycles. The summed E-state index contributed by atoms with van der Waals surface area (Å²) in [6.45, 7) is 11.9. The highest BCUT2D eigenvalue weighted by molar-refractivity contribution is 5.80. The number of piperazine rings is 1. The Labute approximate surface area is 147 Å². The summed E-state index contributed by atoms with van der Waals surface area (Å²) in [5, 5.41) is 7.35. The lowest BCUT2D eigenvalue weighted by Crippen LogP contribution is -2.52. The molecule has 0 saturated carbocycles. The number of nitrogens with one attached hydrogen (secondary N) is 1. The van der Waals surface area contributed by atoms with Crippen LogP contribution in [-0.2, 0) is 13.1 Å². The highest BCUT2D eigenvalue weighted by Gasteiger charge is 2.20. The van der Waals surface area contributed by atoms with E-state index < -0.39 is 0 Å². The second kappa shape index (κ2) is 8.15. The van der Waals surface area contributed by atoms with Crippen molar-refractivity contribution in [2.75, 3.05) is 32.7 Å². The van der Waals surface area contributed by atoms with Gasteiger partial charge in [-0.2, -0.15) is 0 Å². The molecule has 2 aromatic rings. The van der Waals surface area contributed by atoms with Crippen molar-refractivity contribution in [3.63, 3.8) is 0 Å². The van der Waals surface area contributed by atoms with Crippen LogP contribution in [0.3, 0.4) is 0 Å². The van der Waals surface area contributed by atoms with E-state index in [1.807, 2.05) is 19.9 Å². The van der Waals surface area contributed by atoms with E-state index in [2.05, 4.69) is 32.2 Å². The Balaban J connectivity index is 1.56. The third-order valence-electron chi connectivity index (χ3n) is 4.32. The normalized spacial score (nSPS) is 16.4. The van der Waals surface area contributed by atoms with Crippen LogP contribution in [0.1, 0.15) is 30.0 Å². The molecule has 1 fully saturated rings. The van der Waals surface area contributed by atoms with Crippen LogP contribution in [0.5, 0.6) is 0 Å². The minimum atomic E-state index is 0.455. The van der Waals surface area contributed by atoms with E-state index in [1.54, 1.807) is 6.26 Å². The summed E-state index contributed by atoms with van der Waals surface area (Å²) in [6, 6.07) is 1.91. The summed E-state index contributed by atoms with van der Waals surface area (Å²) in [5.74, 6) is 2.43. The molecule has 1 saturated heterocycles. The van der Waals surface area contributed by atoms with Crippen molar-refractivity contribution in [2.45, 2.75) is 33.9 Å². The largest absolute Gasteiger partial charge is 0.444 e. The fraction of sp³-hybridized carbons (Fsp3) is 0.588. The Morgan fingerprint density at radius 3 is 2.68 bits per heavy atom. The van der Waals surface area contributed by atoms with Gasteiger partial charge in [0.05, 0.1) is 11.4 Å². The molecule has 8 nitrogen and oxygen atoms in total. The lowest BCUT2D eigenvalue weighted by Gasteiger charge is -2.36. The molecule has 3 rings (SSSR count). The maximum absolute atomic E-state index is 5.62. The third-order valence-corrected chi connectivity index (χ3v) is 4.32. The first-order valence-corrected chi connectivity index (χ1v) is 8.73. The Morgan fingerprint density at radius 2 is 2.08 bits per heavy atom. The molecule has 1 aliphatic rings. The van der Waals surface area contributed by atoms with Crippen LogP contribution in [0.4, 0.5) is 0 Å². The van der Waals surface area contributed by atoms with E-state index in [9.17, 15) is 0 Å². The molecular formula is C17H26N6O2. The Kier molecular flexibility index (Phi) is 5.70. The number of aliphatic imine (C=N–C) groups is 1. The van der Waals surface area contributed by atoms with Gasteiger partial charge in [0.15, 0.2) is 5.96 Å². The van der Waals surface area contributed by atoms with Crippen LogP contribution in [0.15, 0.2) is 26.3 Å². The van der Waals surface area contributed by atoms with Crippen LogP contribution >= 0.6 is 0 Å². The number of hydrogen-bond acceptors (Lipinski definition) is 6. The van der Waals surface area contributed by atoms with Crippen LogP contribution in [-0.4, -0.2) is 58.6 Å². The number of aromatic nitrogens is 2. The van der Waals surface area contributed by atoms with E-state index in [4.69, 9.17) is 13.9 Å². The van der Waals surface area contributed by atoms with Gasteiger partial charge >= 0.3 is 0 Å². The minimum absolute atomic E-state index is 0.455. The zero-order valence-electron chi connectivity index (χ0n) is 15.2. The first kappa shape index (κ1) is 17.5. The van der Waals surface area contributed by atoms with Gasteiger partial charge < -0.3 is 19.2 Å². The monoisotopic (exact) mass is 346 g/mol. The topological polar surface area (TPSA) is 82.9 Å². The molecule has 136 valence electrons. The molecule has 0 spiro atoms. The van der Waals surface area contributed by atoms with Gasteiger partial charge in [-0.05, 0) is 20.8 Å². The number of nitrogens with zero attached hydrogens (tertiary/aromatic N) is 5. The molecule has 0 aliphatic carbocycles. The van der Waals surface area contributed by atoms with Crippen molar-refractivity contribution in [2.24, 2.45) is 4.99 Å². The van der Waals surface area contributed by atoms with Crippen molar-refractivity contribution in [3.8, 4) is 0 Å². The molecule has 0 bridgehead atoms. The van der Waals surface area contributed by atoms with E-state index in [1.165, 1.54) is 0 Å². The molecular weight excluding hydrogens is 320 g/mol. The molecule has 8 heteroatoms. The van der Waals surface area contributed by atoms with Gasteiger partial charge in [-0.1, -0.05) is 5.16 Å². The molecule has 0 amide bonds. The molecule has 2 aromatic heterocycles. The molecule has 1 N–H and O–H groups in total. The van der Waals surface area contributed by atoms with Crippen molar-refractivity contribution in [1.29, 1.82) is 0 Å². The quantitative estimate of drug-likeness (QED) is 0.650. The number of hydrogen-bond donors (Lipinski definition) is 1. The fourth-order valence-electron chi connectivity index (χ4n) is 2.84. The van der Waals surface area contributed by atoms with E-state index in [-0.39, 0.29) is 0 Å². The van der Waals surface area contributed by atoms with E-state index >= 15 is 0 Å². The third kappa shape index (κ3) is 4.60. The van der Waals surface area contributed by atoms with Crippen LogP contribution in [0.25, 0.3) is 0 Å². The Bertz CT molecular complexity index is 667. The summed E-state index contributed by atoms with van der Waals surface area (Å²) < 4.78 is 10.5. The highest BCUT2D eigenvalue weighted by atomic mass is 16.5. The SMILES string of the molecule is CCNC(=NCc1nc(C)c(C)o1)N1CCN(Cc2ccon2)CC1. The van der Waals surface area contributed by atoms with Gasteiger partial charge in [-0.15, -0.1) is 0 Å². The minimum Gasteiger partial charge on any atom is -0.444 e. The molecule has 1 aliphatic heterocycles. The van der Waals surface area contributed by atoms with Crippen LogP contribution < -0.4 is 5.32 Å². The van der Waals surface area contributed by atoms with Gasteiger partial charge in [0.25, 0.3) is 0 Å². The van der Waals surface area contributed by atoms with Gasteiger partial charge in [0.2, 0.25) is 5.89 Å². The van der Waals surface area contributed by atoms with E-state index in [0.29, 0.717) is 12.4 Å². The predicted octanol–water partition coefficient (Wildman–Crippen LogP) is 1.56. The van der Waals surface area contributed by atoms with Crippen molar-refractivity contribution in [1.82, 2.24) is 25.3 Å². The van der Waals surface area contributed by atoms with Gasteiger partial charge in [-0.25, -0.2) is 9.98 Å². The first-order chi connectivity index (χ1) is 12.2.